The smallest absolute Gasteiger partial charge is 0.486 e. The summed E-state index contributed by atoms with van der Waals surface area (Å²) in [5, 5.41) is 4.49. The minimum absolute atomic E-state index is 0. The number of benzene rings is 7. The summed E-state index contributed by atoms with van der Waals surface area (Å²) in [4.78, 5) is 5.26. The predicted octanol–water partition coefficient (Wildman–Crippen LogP) is 12.8. The summed E-state index contributed by atoms with van der Waals surface area (Å²) in [6, 6.07) is 56.0. The Kier molecular flexibility index (Phi) is 13.1. The molecule has 5 nitrogen and oxygen atoms in total. The Morgan fingerprint density at radius 1 is 0.576 bits per heavy atom. The molecule has 0 bridgehead atoms. The van der Waals surface area contributed by atoms with Crippen LogP contribution in [0.1, 0.15) is 42.4 Å². The van der Waals surface area contributed by atoms with Gasteiger partial charge in [-0.15, -0.1) is 0 Å². The molecule has 1 unspecified atom stereocenters. The molecule has 0 N–H and O–H groups in total. The second-order valence-electron chi connectivity index (χ2n) is 14.8. The molecule has 1 radical (unpaired) electrons. The number of rotatable bonds is 8. The standard InChI is InChI=1S/C44H35NO4P.C8H10.Ir/c1-4-14-31(15-5-1)28-44(29-32-16-6-2-7-17-32,40-30-46-43(45-40)35-20-8-3-9-21-35)49-50-47-38-26-24-33-18-10-12-22-36(33)41(38)42-37-23-13-11-19-34(37)25-27-39(42)48-50;1-2-4-6-8-7-5-3-1;/h1-27,40,50H,28-30H2;1,8H,2,4-5,7H2;/q+1;-2;. The molecule has 1 aliphatic carbocycles. The van der Waals surface area contributed by atoms with Crippen molar-refractivity contribution in [2.75, 3.05) is 6.61 Å². The number of allylic oxidation sites excluding steroid dienone is 4. The fraction of sp³-hybridized carbons (Fsp3) is 0.173. The van der Waals surface area contributed by atoms with E-state index in [1.165, 1.54) is 0 Å². The van der Waals surface area contributed by atoms with Crippen LogP contribution < -0.4 is 9.05 Å². The third-order valence-electron chi connectivity index (χ3n) is 10.8. The van der Waals surface area contributed by atoms with Gasteiger partial charge in [-0.05, 0) is 56.9 Å². The van der Waals surface area contributed by atoms with E-state index in [2.05, 4.69) is 146 Å². The van der Waals surface area contributed by atoms with Crippen LogP contribution in [0.2, 0.25) is 0 Å². The molecule has 59 heavy (non-hydrogen) atoms. The molecule has 7 aromatic carbocycles. The summed E-state index contributed by atoms with van der Waals surface area (Å²) in [6.45, 7) is 0.376. The van der Waals surface area contributed by atoms with Gasteiger partial charge in [-0.2, -0.15) is 17.4 Å². The summed E-state index contributed by atoms with van der Waals surface area (Å²) in [5.74, 6) is 2.12. The van der Waals surface area contributed by atoms with E-state index in [9.17, 15) is 0 Å². The van der Waals surface area contributed by atoms with Gasteiger partial charge in [0.05, 0.1) is 0 Å². The minimum atomic E-state index is -2.48. The van der Waals surface area contributed by atoms with Crippen molar-refractivity contribution in [2.45, 2.75) is 50.2 Å². The van der Waals surface area contributed by atoms with Gasteiger partial charge in [-0.3, -0.25) is 21.2 Å². The van der Waals surface area contributed by atoms with Crippen LogP contribution >= 0.6 is 8.60 Å². The van der Waals surface area contributed by atoms with Gasteiger partial charge >= 0.3 is 8.60 Å². The normalized spacial score (nSPS) is 16.0. The Hall–Kier alpha value is -5.35. The first-order valence-electron chi connectivity index (χ1n) is 20.1. The third kappa shape index (κ3) is 9.28. The summed E-state index contributed by atoms with van der Waals surface area (Å²) in [6.07, 6.45) is 16.2. The minimum Gasteiger partial charge on any atom is -0.500 e. The molecule has 7 heteroatoms. The first kappa shape index (κ1) is 40.4. The summed E-state index contributed by atoms with van der Waals surface area (Å²) in [7, 11) is -2.48. The second kappa shape index (κ2) is 19.1. The van der Waals surface area contributed by atoms with E-state index in [1.54, 1.807) is 0 Å². The molecule has 0 spiro atoms. The molecular weight excluding hydrogens is 926 g/mol. The number of hydrogen-bond acceptors (Lipinski definition) is 5. The van der Waals surface area contributed by atoms with Crippen LogP contribution in [0.15, 0.2) is 181 Å². The van der Waals surface area contributed by atoms with Crippen LogP contribution in [0.25, 0.3) is 32.7 Å². The van der Waals surface area contributed by atoms with Gasteiger partial charge in [0.15, 0.2) is 17.1 Å². The molecule has 0 amide bonds. The van der Waals surface area contributed by atoms with Gasteiger partial charge in [-0.1, -0.05) is 152 Å². The Labute approximate surface area is 361 Å². The Balaban J connectivity index is 0.000000484. The van der Waals surface area contributed by atoms with Gasteiger partial charge in [0, 0.05) is 49.6 Å². The van der Waals surface area contributed by atoms with Crippen molar-refractivity contribution < 1.29 is 38.4 Å². The Bertz CT molecular complexity index is 2420. The van der Waals surface area contributed by atoms with Crippen LogP contribution in [0.4, 0.5) is 0 Å². The van der Waals surface area contributed by atoms with E-state index in [0.717, 1.165) is 86.5 Å². The van der Waals surface area contributed by atoms with Gasteiger partial charge in [0.1, 0.15) is 12.6 Å². The summed E-state index contributed by atoms with van der Waals surface area (Å²) < 4.78 is 27.7. The average Bonchev–Trinajstić information content (AvgIpc) is 3.70. The van der Waals surface area contributed by atoms with Crippen molar-refractivity contribution in [2.24, 2.45) is 4.99 Å². The molecule has 0 saturated carbocycles. The molecule has 3 aliphatic rings. The van der Waals surface area contributed by atoms with Crippen LogP contribution in [-0.2, 0) is 42.2 Å². The van der Waals surface area contributed by atoms with Crippen molar-refractivity contribution >= 4 is 36.0 Å². The monoisotopic (exact) mass is 971 g/mol. The molecular formula is C52H45IrNO4P-. The quantitative estimate of drug-likeness (QED) is 0.112. The van der Waals surface area contributed by atoms with E-state index in [0.29, 0.717) is 25.3 Å². The van der Waals surface area contributed by atoms with E-state index < -0.39 is 14.2 Å². The van der Waals surface area contributed by atoms with Crippen LogP contribution in [-0.4, -0.2) is 24.1 Å². The molecule has 10 rings (SSSR count). The maximum absolute atomic E-state index is 7.44. The average molecular weight is 971 g/mol. The predicted molar refractivity (Wildman–Crippen MR) is 237 cm³/mol. The number of nitrogens with zero attached hydrogens (tertiary/aromatic N) is 1. The molecule has 0 saturated heterocycles. The number of aliphatic imine (C=N–C) groups is 1. The van der Waals surface area contributed by atoms with Crippen LogP contribution in [0.3, 0.4) is 0 Å². The summed E-state index contributed by atoms with van der Waals surface area (Å²) >= 11 is 0. The van der Waals surface area contributed by atoms with Crippen molar-refractivity contribution in [3.8, 4) is 22.6 Å². The largest absolute Gasteiger partial charge is 0.500 e. The fourth-order valence-corrected chi connectivity index (χ4v) is 9.46. The zero-order chi connectivity index (χ0) is 39.0. The van der Waals surface area contributed by atoms with Crippen molar-refractivity contribution in [1.29, 1.82) is 0 Å². The second-order valence-corrected chi connectivity index (χ2v) is 15.9. The fourth-order valence-electron chi connectivity index (χ4n) is 8.02. The zero-order valence-corrected chi connectivity index (χ0v) is 36.1. The SMILES string of the molecule is [C-]1=CCC[C-]=CCC1.[Ir].c1ccc(CC(Cc2ccccc2)(O[PH+]2Oc3ccc4ccccc4c3-c3c(ccc4ccccc34)O2)C2COC(c3ccccc3)=N2)cc1. The molecule has 1 atom stereocenters. The Morgan fingerprint density at radius 3 is 1.58 bits per heavy atom. The van der Waals surface area contributed by atoms with E-state index in [-0.39, 0.29) is 26.1 Å². The third-order valence-corrected chi connectivity index (χ3v) is 12.2. The topological polar surface area (TPSA) is 49.3 Å². The Morgan fingerprint density at radius 2 is 1.05 bits per heavy atom. The maximum Gasteiger partial charge on any atom is 0.486 e. The van der Waals surface area contributed by atoms with Crippen molar-refractivity contribution in [3.05, 3.63) is 205 Å². The number of hydrogen-bond donors (Lipinski definition) is 0. The van der Waals surface area contributed by atoms with Crippen molar-refractivity contribution in [3.63, 3.8) is 0 Å². The zero-order valence-electron chi connectivity index (χ0n) is 32.7. The molecule has 297 valence electrons. The molecule has 2 aliphatic heterocycles. The number of ether oxygens (including phenoxy) is 1. The van der Waals surface area contributed by atoms with Gasteiger partial charge in [-0.25, -0.2) is 4.99 Å². The molecule has 2 heterocycles. The van der Waals surface area contributed by atoms with E-state index in [4.69, 9.17) is 23.3 Å². The van der Waals surface area contributed by atoms with Gasteiger partial charge < -0.3 is 16.9 Å². The van der Waals surface area contributed by atoms with Gasteiger partial charge in [0.2, 0.25) is 5.90 Å². The summed E-state index contributed by atoms with van der Waals surface area (Å²) in [5.41, 5.74) is 4.39. The first-order valence-corrected chi connectivity index (χ1v) is 21.3. The maximum atomic E-state index is 7.44. The molecule has 0 fully saturated rings. The van der Waals surface area contributed by atoms with E-state index >= 15 is 0 Å². The first-order chi connectivity index (χ1) is 28.7. The molecule has 0 aromatic heterocycles. The number of fused-ring (bicyclic) bond motifs is 7. The molecule has 7 aromatic rings. The van der Waals surface area contributed by atoms with E-state index in [1.807, 2.05) is 42.5 Å². The van der Waals surface area contributed by atoms with Crippen LogP contribution in [0.5, 0.6) is 11.5 Å². The van der Waals surface area contributed by atoms with Crippen LogP contribution in [0, 0.1) is 12.2 Å². The van der Waals surface area contributed by atoms with Gasteiger partial charge in [0.25, 0.3) is 0 Å². The van der Waals surface area contributed by atoms with Crippen molar-refractivity contribution in [1.82, 2.24) is 0 Å².